The summed E-state index contributed by atoms with van der Waals surface area (Å²) in [5, 5.41) is 5.49. The first-order valence-electron chi connectivity index (χ1n) is 4.88. The van der Waals surface area contributed by atoms with Crippen LogP contribution in [-0.2, 0) is 13.6 Å². The summed E-state index contributed by atoms with van der Waals surface area (Å²) in [5.74, 6) is 0.834. The summed E-state index contributed by atoms with van der Waals surface area (Å²) in [6.07, 6.45) is 0. The smallest absolute Gasteiger partial charge is 0.124 e. The first-order chi connectivity index (χ1) is 7.19. The summed E-state index contributed by atoms with van der Waals surface area (Å²) in [6, 6.07) is 3.94. The van der Waals surface area contributed by atoms with E-state index in [-0.39, 0.29) is 0 Å². The number of methoxy groups -OCH3 is 1. The largest absolute Gasteiger partial charge is 0.496 e. The van der Waals surface area contributed by atoms with Gasteiger partial charge in [-0.25, -0.2) is 0 Å². The molecule has 0 radical (unpaired) electrons. The Kier molecular flexibility index (Phi) is 2.36. The number of nitrogens with two attached hydrogens (primary N) is 1. The topological polar surface area (TPSA) is 53.1 Å². The zero-order chi connectivity index (χ0) is 11.0. The molecule has 1 heterocycles. The van der Waals surface area contributed by atoms with Crippen molar-refractivity contribution in [3.8, 4) is 5.75 Å². The number of benzene rings is 1. The van der Waals surface area contributed by atoms with Crippen molar-refractivity contribution in [2.45, 2.75) is 13.5 Å². The number of aromatic nitrogens is 2. The van der Waals surface area contributed by atoms with Crippen LogP contribution in [-0.4, -0.2) is 16.9 Å². The van der Waals surface area contributed by atoms with E-state index in [2.05, 4.69) is 5.10 Å². The van der Waals surface area contributed by atoms with Gasteiger partial charge in [0.05, 0.1) is 18.3 Å². The Bertz CT molecular complexity index is 502. The third-order valence-electron chi connectivity index (χ3n) is 2.68. The fraction of sp³-hybridized carbons (Fsp3) is 0.364. The summed E-state index contributed by atoms with van der Waals surface area (Å²) in [4.78, 5) is 0. The van der Waals surface area contributed by atoms with Crippen molar-refractivity contribution in [3.05, 3.63) is 23.4 Å². The molecule has 2 aromatic rings. The van der Waals surface area contributed by atoms with Gasteiger partial charge < -0.3 is 10.5 Å². The lowest BCUT2D eigenvalue weighted by Crippen LogP contribution is -2.01. The predicted octanol–water partition coefficient (Wildman–Crippen LogP) is 1.35. The molecule has 0 unspecified atom stereocenters. The zero-order valence-corrected chi connectivity index (χ0v) is 9.24. The van der Waals surface area contributed by atoms with Gasteiger partial charge in [-0.3, -0.25) is 4.68 Å². The molecule has 0 atom stereocenters. The molecule has 1 aromatic heterocycles. The molecule has 15 heavy (non-hydrogen) atoms. The summed E-state index contributed by atoms with van der Waals surface area (Å²) in [6.45, 7) is 2.45. The summed E-state index contributed by atoms with van der Waals surface area (Å²) in [7, 11) is 3.59. The average Bonchev–Trinajstić information content (AvgIpc) is 2.53. The standard InChI is InChI=1S/C11H15N3O/c1-7-11-8(6-12)10(15-3)5-4-9(11)14(2)13-7/h4-5H,6,12H2,1-3H3. The van der Waals surface area contributed by atoms with Crippen LogP contribution in [0, 0.1) is 6.92 Å². The van der Waals surface area contributed by atoms with Gasteiger partial charge >= 0.3 is 0 Å². The lowest BCUT2D eigenvalue weighted by molar-refractivity contribution is 0.410. The van der Waals surface area contributed by atoms with Gasteiger partial charge in [0.1, 0.15) is 5.75 Å². The third-order valence-corrected chi connectivity index (χ3v) is 2.68. The molecule has 0 aliphatic heterocycles. The van der Waals surface area contributed by atoms with Crippen molar-refractivity contribution >= 4 is 10.9 Å². The fourth-order valence-corrected chi connectivity index (χ4v) is 2.01. The Morgan fingerprint density at radius 3 is 2.80 bits per heavy atom. The minimum atomic E-state index is 0.465. The number of ether oxygens (including phenoxy) is 1. The van der Waals surface area contributed by atoms with Crippen LogP contribution < -0.4 is 10.5 Å². The number of fused-ring (bicyclic) bond motifs is 1. The van der Waals surface area contributed by atoms with Crippen molar-refractivity contribution in [2.24, 2.45) is 12.8 Å². The Hall–Kier alpha value is -1.55. The van der Waals surface area contributed by atoms with Crippen LogP contribution in [0.3, 0.4) is 0 Å². The molecule has 1 aromatic carbocycles. The van der Waals surface area contributed by atoms with E-state index in [0.29, 0.717) is 6.54 Å². The van der Waals surface area contributed by atoms with Crippen LogP contribution in [0.2, 0.25) is 0 Å². The van der Waals surface area contributed by atoms with Crippen molar-refractivity contribution in [1.82, 2.24) is 9.78 Å². The second-order valence-corrected chi connectivity index (χ2v) is 3.55. The maximum absolute atomic E-state index is 5.75. The van der Waals surface area contributed by atoms with Gasteiger partial charge in [0.15, 0.2) is 0 Å². The number of aryl methyl sites for hydroxylation is 2. The Morgan fingerprint density at radius 2 is 2.20 bits per heavy atom. The van der Waals surface area contributed by atoms with Crippen molar-refractivity contribution in [3.63, 3.8) is 0 Å². The summed E-state index contributed by atoms with van der Waals surface area (Å²) >= 11 is 0. The second kappa shape index (κ2) is 3.55. The van der Waals surface area contributed by atoms with Gasteiger partial charge in [-0.1, -0.05) is 0 Å². The SMILES string of the molecule is COc1ccc2c(c(C)nn2C)c1CN. The first kappa shape index (κ1) is 9.98. The molecule has 80 valence electrons. The molecule has 2 rings (SSSR count). The van der Waals surface area contributed by atoms with E-state index in [9.17, 15) is 0 Å². The average molecular weight is 205 g/mol. The Morgan fingerprint density at radius 1 is 1.47 bits per heavy atom. The van der Waals surface area contributed by atoms with Crippen LogP contribution >= 0.6 is 0 Å². The molecular weight excluding hydrogens is 190 g/mol. The quantitative estimate of drug-likeness (QED) is 0.805. The molecular formula is C11H15N3O. The Labute approximate surface area is 88.6 Å². The highest BCUT2D eigenvalue weighted by molar-refractivity contribution is 5.87. The van der Waals surface area contributed by atoms with E-state index in [1.54, 1.807) is 7.11 Å². The number of nitrogens with zero attached hydrogens (tertiary/aromatic N) is 2. The molecule has 0 aliphatic carbocycles. The minimum absolute atomic E-state index is 0.465. The highest BCUT2D eigenvalue weighted by atomic mass is 16.5. The van der Waals surface area contributed by atoms with Crippen molar-refractivity contribution < 1.29 is 4.74 Å². The lowest BCUT2D eigenvalue weighted by atomic mass is 10.1. The molecule has 0 amide bonds. The molecule has 0 aliphatic rings. The van der Waals surface area contributed by atoms with Crippen LogP contribution in [0.4, 0.5) is 0 Å². The molecule has 0 saturated carbocycles. The van der Waals surface area contributed by atoms with E-state index in [1.807, 2.05) is 30.8 Å². The molecule has 0 bridgehead atoms. The molecule has 0 spiro atoms. The minimum Gasteiger partial charge on any atom is -0.496 e. The van der Waals surface area contributed by atoms with Crippen LogP contribution in [0.5, 0.6) is 5.75 Å². The number of hydrogen-bond acceptors (Lipinski definition) is 3. The molecule has 0 fully saturated rings. The highest BCUT2D eigenvalue weighted by Crippen LogP contribution is 2.29. The third kappa shape index (κ3) is 1.37. The van der Waals surface area contributed by atoms with Gasteiger partial charge in [0.25, 0.3) is 0 Å². The van der Waals surface area contributed by atoms with E-state index in [0.717, 1.165) is 27.9 Å². The zero-order valence-electron chi connectivity index (χ0n) is 9.24. The number of rotatable bonds is 2. The van der Waals surface area contributed by atoms with Crippen LogP contribution in [0.1, 0.15) is 11.3 Å². The maximum atomic E-state index is 5.75. The van der Waals surface area contributed by atoms with E-state index >= 15 is 0 Å². The van der Waals surface area contributed by atoms with Crippen molar-refractivity contribution in [1.29, 1.82) is 0 Å². The van der Waals surface area contributed by atoms with Crippen molar-refractivity contribution in [2.75, 3.05) is 7.11 Å². The Balaban J connectivity index is 2.86. The predicted molar refractivity (Wildman–Crippen MR) is 59.9 cm³/mol. The first-order valence-corrected chi connectivity index (χ1v) is 4.88. The lowest BCUT2D eigenvalue weighted by Gasteiger charge is -2.08. The van der Waals surface area contributed by atoms with E-state index in [4.69, 9.17) is 10.5 Å². The molecule has 2 N–H and O–H groups in total. The van der Waals surface area contributed by atoms with Crippen LogP contribution in [0.25, 0.3) is 10.9 Å². The molecule has 4 heteroatoms. The normalized spacial score (nSPS) is 10.9. The fourth-order valence-electron chi connectivity index (χ4n) is 2.01. The van der Waals surface area contributed by atoms with Gasteiger partial charge in [-0.15, -0.1) is 0 Å². The highest BCUT2D eigenvalue weighted by Gasteiger charge is 2.12. The van der Waals surface area contributed by atoms with E-state index in [1.165, 1.54) is 0 Å². The van der Waals surface area contributed by atoms with Gasteiger partial charge in [-0.05, 0) is 19.1 Å². The van der Waals surface area contributed by atoms with Gasteiger partial charge in [-0.2, -0.15) is 5.10 Å². The molecule has 4 nitrogen and oxygen atoms in total. The molecule has 0 saturated heterocycles. The van der Waals surface area contributed by atoms with Gasteiger partial charge in [0.2, 0.25) is 0 Å². The van der Waals surface area contributed by atoms with Crippen LogP contribution in [0.15, 0.2) is 12.1 Å². The monoisotopic (exact) mass is 205 g/mol. The summed E-state index contributed by atoms with van der Waals surface area (Å²) < 4.78 is 7.16. The second-order valence-electron chi connectivity index (χ2n) is 3.55. The van der Waals surface area contributed by atoms with E-state index < -0.39 is 0 Å². The summed E-state index contributed by atoms with van der Waals surface area (Å²) in [5.41, 5.74) is 8.87. The number of hydrogen-bond donors (Lipinski definition) is 1. The maximum Gasteiger partial charge on any atom is 0.124 e. The van der Waals surface area contributed by atoms with Gasteiger partial charge in [0, 0.05) is 24.5 Å².